The van der Waals surface area contributed by atoms with E-state index in [1.165, 1.54) is 6.07 Å². The highest BCUT2D eigenvalue weighted by Crippen LogP contribution is 2.25. The van der Waals surface area contributed by atoms with E-state index in [0.717, 1.165) is 6.07 Å². The van der Waals surface area contributed by atoms with Gasteiger partial charge in [-0.1, -0.05) is 11.6 Å². The van der Waals surface area contributed by atoms with Crippen LogP contribution < -0.4 is 11.1 Å². The van der Waals surface area contributed by atoms with Crippen molar-refractivity contribution in [2.45, 2.75) is 0 Å². The van der Waals surface area contributed by atoms with Crippen LogP contribution in [0.4, 0.5) is 15.8 Å². The molecular weight excluding hydrogens is 195 g/mol. The summed E-state index contributed by atoms with van der Waals surface area (Å²) in [4.78, 5) is 0. The van der Waals surface area contributed by atoms with E-state index in [1.807, 2.05) is 0 Å². The summed E-state index contributed by atoms with van der Waals surface area (Å²) in [5.74, 6) is -0.547. The maximum absolute atomic E-state index is 12.8. The molecule has 0 aliphatic rings. The Labute approximate surface area is 80.3 Å². The molecule has 0 aliphatic heterocycles. The fourth-order valence-corrected chi connectivity index (χ4v) is 1.07. The number of nitrogen functional groups attached to an aromatic ring is 1. The van der Waals surface area contributed by atoms with Crippen molar-refractivity contribution in [3.63, 3.8) is 0 Å². The Bertz CT molecular complexity index is 306. The average molecular weight is 205 g/mol. The Kier molecular flexibility index (Phi) is 3.33. The molecule has 72 valence electrons. The molecule has 0 saturated heterocycles. The van der Waals surface area contributed by atoms with Crippen LogP contribution >= 0.6 is 11.6 Å². The molecule has 1 rings (SSSR count). The molecule has 1 aromatic rings. The molecule has 3 nitrogen and oxygen atoms in total. The van der Waals surface area contributed by atoms with E-state index in [9.17, 15) is 4.39 Å². The number of aliphatic hydroxyl groups excluding tert-OH is 1. The van der Waals surface area contributed by atoms with Crippen molar-refractivity contribution in [3.8, 4) is 0 Å². The van der Waals surface area contributed by atoms with Gasteiger partial charge < -0.3 is 16.2 Å². The molecule has 0 aliphatic carbocycles. The van der Waals surface area contributed by atoms with Crippen LogP contribution in [-0.4, -0.2) is 18.3 Å². The largest absolute Gasteiger partial charge is 0.397 e. The first-order valence-electron chi connectivity index (χ1n) is 3.74. The van der Waals surface area contributed by atoms with Crippen molar-refractivity contribution >= 4 is 23.0 Å². The average Bonchev–Trinajstić information content (AvgIpc) is 2.09. The van der Waals surface area contributed by atoms with E-state index in [-0.39, 0.29) is 17.3 Å². The van der Waals surface area contributed by atoms with Crippen LogP contribution in [0, 0.1) is 5.82 Å². The maximum Gasteiger partial charge on any atom is 0.143 e. The van der Waals surface area contributed by atoms with Gasteiger partial charge in [0.25, 0.3) is 0 Å². The van der Waals surface area contributed by atoms with Crippen LogP contribution in [0.5, 0.6) is 0 Å². The lowest BCUT2D eigenvalue weighted by Gasteiger charge is -2.08. The monoisotopic (exact) mass is 204 g/mol. The predicted octanol–water partition coefficient (Wildman–Crippen LogP) is 1.47. The molecule has 4 N–H and O–H groups in total. The minimum Gasteiger partial charge on any atom is -0.397 e. The first-order chi connectivity index (χ1) is 6.15. The zero-order chi connectivity index (χ0) is 9.84. The SMILES string of the molecule is Nc1cc(F)c(Cl)cc1NCCO. The van der Waals surface area contributed by atoms with Gasteiger partial charge in [0.2, 0.25) is 0 Å². The van der Waals surface area contributed by atoms with Gasteiger partial charge in [-0.3, -0.25) is 0 Å². The molecule has 0 unspecified atom stereocenters. The third kappa shape index (κ3) is 2.47. The number of benzene rings is 1. The summed E-state index contributed by atoms with van der Waals surface area (Å²) in [6, 6.07) is 2.53. The zero-order valence-electron chi connectivity index (χ0n) is 6.85. The molecule has 13 heavy (non-hydrogen) atoms. The number of nitrogens with one attached hydrogen (secondary N) is 1. The van der Waals surface area contributed by atoms with Crippen LogP contribution in [0.25, 0.3) is 0 Å². The highest BCUT2D eigenvalue weighted by atomic mass is 35.5. The van der Waals surface area contributed by atoms with Gasteiger partial charge >= 0.3 is 0 Å². The third-order valence-corrected chi connectivity index (χ3v) is 1.81. The van der Waals surface area contributed by atoms with Crippen LogP contribution in [0.2, 0.25) is 5.02 Å². The molecule has 0 atom stereocenters. The molecular formula is C8H10ClFN2O. The Morgan fingerprint density at radius 1 is 1.54 bits per heavy atom. The van der Waals surface area contributed by atoms with Crippen molar-refractivity contribution in [2.24, 2.45) is 0 Å². The van der Waals surface area contributed by atoms with Gasteiger partial charge in [-0.15, -0.1) is 0 Å². The summed E-state index contributed by atoms with van der Waals surface area (Å²) < 4.78 is 12.8. The number of hydrogen-bond donors (Lipinski definition) is 3. The molecule has 5 heteroatoms. The Balaban J connectivity index is 2.88. The third-order valence-electron chi connectivity index (χ3n) is 1.52. The first-order valence-corrected chi connectivity index (χ1v) is 4.12. The fourth-order valence-electron chi connectivity index (χ4n) is 0.906. The van der Waals surface area contributed by atoms with E-state index in [0.29, 0.717) is 12.2 Å². The van der Waals surface area contributed by atoms with Gasteiger partial charge in [0, 0.05) is 12.6 Å². The zero-order valence-corrected chi connectivity index (χ0v) is 7.61. The summed E-state index contributed by atoms with van der Waals surface area (Å²) in [7, 11) is 0. The highest BCUT2D eigenvalue weighted by Gasteiger charge is 2.04. The Morgan fingerprint density at radius 2 is 2.23 bits per heavy atom. The van der Waals surface area contributed by atoms with Crippen LogP contribution in [-0.2, 0) is 0 Å². The minimum atomic E-state index is -0.547. The maximum atomic E-state index is 12.8. The molecule has 0 aromatic heterocycles. The molecule has 0 heterocycles. The van der Waals surface area contributed by atoms with Crippen molar-refractivity contribution in [1.29, 1.82) is 0 Å². The number of aliphatic hydroxyl groups is 1. The molecule has 0 radical (unpaired) electrons. The molecule has 0 saturated carbocycles. The van der Waals surface area contributed by atoms with Gasteiger partial charge in [-0.05, 0) is 6.07 Å². The van der Waals surface area contributed by atoms with E-state index in [4.69, 9.17) is 22.4 Å². The molecule has 0 spiro atoms. The molecule has 0 fully saturated rings. The van der Waals surface area contributed by atoms with Gasteiger partial charge in [-0.25, -0.2) is 4.39 Å². The minimum absolute atomic E-state index is 0.00893. The van der Waals surface area contributed by atoms with Crippen LogP contribution in [0.3, 0.4) is 0 Å². The fraction of sp³-hybridized carbons (Fsp3) is 0.250. The lowest BCUT2D eigenvalue weighted by atomic mass is 10.2. The number of anilines is 2. The smallest absolute Gasteiger partial charge is 0.143 e. The summed E-state index contributed by atoms with van der Waals surface area (Å²) in [5, 5.41) is 11.3. The van der Waals surface area contributed by atoms with E-state index < -0.39 is 5.82 Å². The second-order valence-electron chi connectivity index (χ2n) is 2.50. The second kappa shape index (κ2) is 4.30. The second-order valence-corrected chi connectivity index (χ2v) is 2.91. The standard InChI is InChI=1S/C8H10ClFN2O/c9-5-3-8(12-1-2-13)7(11)4-6(5)10/h3-4,12-13H,1-2,11H2. The van der Waals surface area contributed by atoms with Crippen molar-refractivity contribution < 1.29 is 9.50 Å². The van der Waals surface area contributed by atoms with E-state index >= 15 is 0 Å². The van der Waals surface area contributed by atoms with Crippen molar-refractivity contribution in [1.82, 2.24) is 0 Å². The Morgan fingerprint density at radius 3 is 2.85 bits per heavy atom. The quantitative estimate of drug-likeness (QED) is 0.654. The number of rotatable bonds is 3. The first kappa shape index (κ1) is 10.1. The lowest BCUT2D eigenvalue weighted by Crippen LogP contribution is -2.07. The summed E-state index contributed by atoms with van der Waals surface area (Å²) >= 11 is 5.53. The topological polar surface area (TPSA) is 58.3 Å². The van der Waals surface area contributed by atoms with Gasteiger partial charge in [0.05, 0.1) is 23.0 Å². The van der Waals surface area contributed by atoms with Gasteiger partial charge in [0.15, 0.2) is 0 Å². The molecule has 0 bridgehead atoms. The lowest BCUT2D eigenvalue weighted by molar-refractivity contribution is 0.311. The van der Waals surface area contributed by atoms with Crippen molar-refractivity contribution in [2.75, 3.05) is 24.2 Å². The number of halogens is 2. The van der Waals surface area contributed by atoms with E-state index in [2.05, 4.69) is 5.32 Å². The van der Waals surface area contributed by atoms with Gasteiger partial charge in [0.1, 0.15) is 5.82 Å². The summed E-state index contributed by atoms with van der Waals surface area (Å²) in [6.45, 7) is 0.334. The summed E-state index contributed by atoms with van der Waals surface area (Å²) in [6.07, 6.45) is 0. The Hall–Kier alpha value is -1.00. The molecule has 0 amide bonds. The van der Waals surface area contributed by atoms with E-state index in [1.54, 1.807) is 0 Å². The number of hydrogen-bond acceptors (Lipinski definition) is 3. The van der Waals surface area contributed by atoms with Crippen molar-refractivity contribution in [3.05, 3.63) is 23.0 Å². The summed E-state index contributed by atoms with van der Waals surface area (Å²) in [5.41, 5.74) is 6.29. The predicted molar refractivity (Wildman–Crippen MR) is 51.4 cm³/mol. The number of nitrogens with two attached hydrogens (primary N) is 1. The molecule has 1 aromatic carbocycles. The van der Waals surface area contributed by atoms with Gasteiger partial charge in [-0.2, -0.15) is 0 Å². The van der Waals surface area contributed by atoms with Crippen LogP contribution in [0.15, 0.2) is 12.1 Å². The van der Waals surface area contributed by atoms with Crippen LogP contribution in [0.1, 0.15) is 0 Å². The highest BCUT2D eigenvalue weighted by molar-refractivity contribution is 6.31. The normalized spacial score (nSPS) is 10.1.